The molecule has 6 heteroatoms. The van der Waals surface area contributed by atoms with Crippen LogP contribution in [0.2, 0.25) is 0 Å². The van der Waals surface area contributed by atoms with Gasteiger partial charge >= 0.3 is 0 Å². The topological polar surface area (TPSA) is 75.4 Å². The molecule has 4 nitrogen and oxygen atoms in total. The molecule has 0 aromatic carbocycles. The zero-order chi connectivity index (χ0) is 12.6. The van der Waals surface area contributed by atoms with Gasteiger partial charge in [-0.2, -0.15) is 0 Å². The number of amides is 1. The molecule has 4 unspecified atom stereocenters. The van der Waals surface area contributed by atoms with Crippen molar-refractivity contribution in [1.82, 2.24) is 5.32 Å². The summed E-state index contributed by atoms with van der Waals surface area (Å²) >= 11 is 0. The lowest BCUT2D eigenvalue weighted by atomic mass is 9.84. The molecule has 0 aromatic rings. The van der Waals surface area contributed by atoms with E-state index in [-0.39, 0.29) is 17.9 Å². The first-order valence-corrected chi connectivity index (χ1v) is 5.96. The molecule has 17 heavy (non-hydrogen) atoms. The molecule has 2 saturated carbocycles. The number of carbonyl (C=O) groups is 1. The number of rotatable bonds is 4. The minimum Gasteiger partial charge on any atom is -0.390 e. The van der Waals surface area contributed by atoms with E-state index in [4.69, 9.17) is 10.8 Å². The first-order chi connectivity index (χ1) is 7.94. The number of hydrogen-bond donors (Lipinski definition) is 3. The van der Waals surface area contributed by atoms with Gasteiger partial charge in [0.05, 0.1) is 12.5 Å². The average Bonchev–Trinajstić information content (AvgIpc) is 2.86. The van der Waals surface area contributed by atoms with Gasteiger partial charge in [0, 0.05) is 6.04 Å². The van der Waals surface area contributed by atoms with Crippen LogP contribution < -0.4 is 11.1 Å². The van der Waals surface area contributed by atoms with Crippen molar-refractivity contribution in [1.29, 1.82) is 0 Å². The Morgan fingerprint density at radius 1 is 1.41 bits per heavy atom. The molecular formula is C11H18F2N2O2. The van der Waals surface area contributed by atoms with Gasteiger partial charge < -0.3 is 16.2 Å². The Balaban J connectivity index is 1.89. The number of fused-ring (bicyclic) bond motifs is 2. The summed E-state index contributed by atoms with van der Waals surface area (Å²) in [5.74, 6) is -3.36. The smallest absolute Gasteiger partial charge is 0.287 e. The predicted molar refractivity (Wildman–Crippen MR) is 57.3 cm³/mol. The second kappa shape index (κ2) is 4.49. The Labute approximate surface area is 98.6 Å². The Morgan fingerprint density at radius 3 is 2.59 bits per heavy atom. The highest BCUT2D eigenvalue weighted by atomic mass is 19.3. The van der Waals surface area contributed by atoms with E-state index in [0.29, 0.717) is 5.92 Å². The number of alkyl halides is 2. The number of nitrogens with one attached hydrogen (secondary N) is 1. The normalized spacial score (nSPS) is 36.2. The van der Waals surface area contributed by atoms with Crippen molar-refractivity contribution in [3.05, 3.63) is 0 Å². The number of nitrogens with two attached hydrogens (primary N) is 1. The third-order valence-electron chi connectivity index (χ3n) is 4.04. The molecular weight excluding hydrogens is 230 g/mol. The van der Waals surface area contributed by atoms with Crippen LogP contribution in [0.1, 0.15) is 19.3 Å². The Morgan fingerprint density at radius 2 is 2.06 bits per heavy atom. The second-order valence-electron chi connectivity index (χ2n) is 5.17. The lowest BCUT2D eigenvalue weighted by molar-refractivity contribution is -0.129. The van der Waals surface area contributed by atoms with E-state index in [9.17, 15) is 13.6 Å². The van der Waals surface area contributed by atoms with Gasteiger partial charge in [0.25, 0.3) is 5.92 Å². The van der Waals surface area contributed by atoms with Crippen molar-refractivity contribution in [2.45, 2.75) is 31.2 Å². The number of hydrogen-bond acceptors (Lipinski definition) is 3. The van der Waals surface area contributed by atoms with Gasteiger partial charge in [-0.3, -0.25) is 4.79 Å². The van der Waals surface area contributed by atoms with Gasteiger partial charge in [-0.15, -0.1) is 0 Å². The molecule has 2 bridgehead atoms. The van der Waals surface area contributed by atoms with E-state index in [1.165, 1.54) is 0 Å². The van der Waals surface area contributed by atoms with Crippen molar-refractivity contribution in [2.75, 3.05) is 13.2 Å². The van der Waals surface area contributed by atoms with E-state index in [0.717, 1.165) is 19.3 Å². The van der Waals surface area contributed by atoms with E-state index in [1.807, 2.05) is 0 Å². The van der Waals surface area contributed by atoms with Crippen LogP contribution in [0, 0.1) is 17.8 Å². The molecule has 4 N–H and O–H groups in total. The van der Waals surface area contributed by atoms with Crippen molar-refractivity contribution < 1.29 is 18.7 Å². The van der Waals surface area contributed by atoms with E-state index >= 15 is 0 Å². The molecule has 0 saturated heterocycles. The molecule has 2 fully saturated rings. The molecule has 0 heterocycles. The molecule has 1 amide bonds. The summed E-state index contributed by atoms with van der Waals surface area (Å²) in [5.41, 5.74) is 5.94. The second-order valence-corrected chi connectivity index (χ2v) is 5.17. The molecule has 0 aliphatic heterocycles. The summed E-state index contributed by atoms with van der Waals surface area (Å²) in [7, 11) is 0. The monoisotopic (exact) mass is 248 g/mol. The number of aliphatic hydroxyl groups is 1. The minimum atomic E-state index is -3.25. The standard InChI is InChI=1S/C11H18F2N2O2/c12-11(13,5-16)4-15-10(17)8-6-1-2-7(3-6)9(8)14/h6-9,16H,1-5,14H2,(H,15,17). The van der Waals surface area contributed by atoms with Crippen molar-refractivity contribution in [2.24, 2.45) is 23.5 Å². The van der Waals surface area contributed by atoms with Crippen molar-refractivity contribution in [3.63, 3.8) is 0 Å². The van der Waals surface area contributed by atoms with Crippen LogP contribution in [0.5, 0.6) is 0 Å². The Bertz CT molecular complexity index is 310. The Kier molecular flexibility index (Phi) is 3.36. The highest BCUT2D eigenvalue weighted by molar-refractivity contribution is 5.80. The van der Waals surface area contributed by atoms with Crippen LogP contribution in [0.3, 0.4) is 0 Å². The van der Waals surface area contributed by atoms with E-state index in [1.54, 1.807) is 0 Å². The highest BCUT2D eigenvalue weighted by Gasteiger charge is 2.49. The molecule has 0 aromatic heterocycles. The van der Waals surface area contributed by atoms with E-state index in [2.05, 4.69) is 5.32 Å². The maximum Gasteiger partial charge on any atom is 0.287 e. The first kappa shape index (κ1) is 12.7. The average molecular weight is 248 g/mol. The highest BCUT2D eigenvalue weighted by Crippen LogP contribution is 2.47. The number of carbonyl (C=O) groups excluding carboxylic acids is 1. The fourth-order valence-electron chi connectivity index (χ4n) is 3.12. The minimum absolute atomic E-state index is 0.198. The SMILES string of the molecule is NC1C2CCC(C2)C1C(=O)NCC(F)(F)CO. The maximum atomic E-state index is 12.8. The maximum absolute atomic E-state index is 12.8. The van der Waals surface area contributed by atoms with Gasteiger partial charge in [-0.05, 0) is 31.1 Å². The van der Waals surface area contributed by atoms with Crippen LogP contribution in [0.25, 0.3) is 0 Å². The molecule has 2 rings (SSSR count). The largest absolute Gasteiger partial charge is 0.390 e. The quantitative estimate of drug-likeness (QED) is 0.660. The van der Waals surface area contributed by atoms with Crippen LogP contribution in [-0.4, -0.2) is 36.1 Å². The van der Waals surface area contributed by atoms with Gasteiger partial charge in [0.1, 0.15) is 6.61 Å². The summed E-state index contributed by atoms with van der Waals surface area (Å²) in [4.78, 5) is 11.8. The number of aliphatic hydroxyl groups excluding tert-OH is 1. The van der Waals surface area contributed by atoms with Gasteiger partial charge in [-0.25, -0.2) is 8.78 Å². The summed E-state index contributed by atoms with van der Waals surface area (Å²) < 4.78 is 25.6. The third-order valence-corrected chi connectivity index (χ3v) is 4.04. The van der Waals surface area contributed by atoms with E-state index < -0.39 is 25.0 Å². The lowest BCUT2D eigenvalue weighted by Gasteiger charge is -2.27. The number of halogens is 2. The molecule has 0 spiro atoms. The zero-order valence-corrected chi connectivity index (χ0v) is 9.53. The molecule has 0 radical (unpaired) electrons. The summed E-state index contributed by atoms with van der Waals surface area (Å²) in [6, 6.07) is -0.198. The molecule has 4 atom stereocenters. The molecule has 2 aliphatic carbocycles. The van der Waals surface area contributed by atoms with Gasteiger partial charge in [-0.1, -0.05) is 0 Å². The Hall–Kier alpha value is -0.750. The first-order valence-electron chi connectivity index (χ1n) is 5.96. The third kappa shape index (κ3) is 2.42. The van der Waals surface area contributed by atoms with Crippen molar-refractivity contribution >= 4 is 5.91 Å². The lowest BCUT2D eigenvalue weighted by Crippen LogP contribution is -2.48. The fraction of sp³-hybridized carbons (Fsp3) is 0.909. The molecule has 2 aliphatic rings. The summed E-state index contributed by atoms with van der Waals surface area (Å²) in [6.07, 6.45) is 2.95. The van der Waals surface area contributed by atoms with Crippen LogP contribution >= 0.6 is 0 Å². The molecule has 98 valence electrons. The van der Waals surface area contributed by atoms with Crippen LogP contribution in [-0.2, 0) is 4.79 Å². The summed E-state index contributed by atoms with van der Waals surface area (Å²) in [5, 5.41) is 10.6. The fourth-order valence-corrected chi connectivity index (χ4v) is 3.12. The van der Waals surface area contributed by atoms with Crippen LogP contribution in [0.4, 0.5) is 8.78 Å². The zero-order valence-electron chi connectivity index (χ0n) is 9.53. The van der Waals surface area contributed by atoms with Crippen LogP contribution in [0.15, 0.2) is 0 Å². The summed E-state index contributed by atoms with van der Waals surface area (Å²) in [6.45, 7) is -2.07. The predicted octanol–water partition coefficient (Wildman–Crippen LogP) is 0.104. The van der Waals surface area contributed by atoms with Crippen molar-refractivity contribution in [3.8, 4) is 0 Å². The van der Waals surface area contributed by atoms with Gasteiger partial charge in [0.2, 0.25) is 5.91 Å². The van der Waals surface area contributed by atoms with Gasteiger partial charge in [0.15, 0.2) is 0 Å².